The molecule has 0 aromatic heterocycles. The molecular weight excluding hydrogens is 444 g/mol. The van der Waals surface area contributed by atoms with Gasteiger partial charge < -0.3 is 31.9 Å². The van der Waals surface area contributed by atoms with Crippen LogP contribution in [0, 0.1) is 0 Å². The highest BCUT2D eigenvalue weighted by molar-refractivity contribution is 4.58. The number of rotatable bonds is 0. The average Bonchev–Trinajstić information content (AvgIpc) is 3.04. The summed E-state index contributed by atoms with van der Waals surface area (Å²) in [4.78, 5) is 0. The minimum Gasteiger partial charge on any atom is -0.317 e. The molecule has 6 heterocycles. The molecular formula is C30H66N6. The molecule has 0 atom stereocenters. The van der Waals surface area contributed by atoms with Crippen molar-refractivity contribution in [2.24, 2.45) is 0 Å². The highest BCUT2D eigenvalue weighted by Crippen LogP contribution is 1.99. The molecule has 0 bridgehead atoms. The van der Waals surface area contributed by atoms with Gasteiger partial charge in [0, 0.05) is 0 Å². The summed E-state index contributed by atoms with van der Waals surface area (Å²) >= 11 is 0. The number of hydrogen-bond acceptors (Lipinski definition) is 6. The van der Waals surface area contributed by atoms with Gasteiger partial charge in [-0.25, -0.2) is 0 Å². The molecule has 6 nitrogen and oxygen atoms in total. The quantitative estimate of drug-likeness (QED) is 0.287. The fraction of sp³-hybridized carbons (Fsp3) is 1.00. The van der Waals surface area contributed by atoms with Crippen molar-refractivity contribution >= 4 is 0 Å². The first-order valence-corrected chi connectivity index (χ1v) is 16.2. The normalized spacial score (nSPS) is 24.0. The molecule has 6 aliphatic heterocycles. The summed E-state index contributed by atoms with van der Waals surface area (Å²) < 4.78 is 0. The molecule has 0 amide bonds. The van der Waals surface area contributed by atoms with Crippen LogP contribution in [0.15, 0.2) is 0 Å². The molecule has 0 aromatic carbocycles. The number of piperidine rings is 6. The van der Waals surface area contributed by atoms with Crippen molar-refractivity contribution in [3.8, 4) is 0 Å². The molecule has 6 aliphatic rings. The lowest BCUT2D eigenvalue weighted by atomic mass is 10.2. The van der Waals surface area contributed by atoms with Gasteiger partial charge in [0.25, 0.3) is 0 Å². The van der Waals surface area contributed by atoms with Gasteiger partial charge in [0.1, 0.15) is 0 Å². The minimum absolute atomic E-state index is 1.25. The zero-order chi connectivity index (χ0) is 25.5. The second-order valence-corrected chi connectivity index (χ2v) is 10.9. The maximum Gasteiger partial charge on any atom is -0.00489 e. The van der Waals surface area contributed by atoms with E-state index in [0.29, 0.717) is 0 Å². The van der Waals surface area contributed by atoms with Gasteiger partial charge in [0.15, 0.2) is 0 Å². The lowest BCUT2D eigenvalue weighted by Gasteiger charge is -2.08. The molecule has 6 heteroatoms. The van der Waals surface area contributed by atoms with Gasteiger partial charge in [0.2, 0.25) is 0 Å². The second kappa shape index (κ2) is 31.0. The lowest BCUT2D eigenvalue weighted by Crippen LogP contribution is -2.21. The van der Waals surface area contributed by atoms with Crippen molar-refractivity contribution in [1.82, 2.24) is 31.9 Å². The molecule has 0 aliphatic carbocycles. The Morgan fingerprint density at radius 3 is 0.278 bits per heavy atom. The molecule has 0 radical (unpaired) electrons. The predicted octanol–water partition coefficient (Wildman–Crippen LogP) is 4.56. The van der Waals surface area contributed by atoms with Crippen LogP contribution in [-0.4, -0.2) is 78.5 Å². The summed E-state index contributed by atoms with van der Waals surface area (Å²) in [5.74, 6) is 0. The van der Waals surface area contributed by atoms with Crippen molar-refractivity contribution in [3.63, 3.8) is 0 Å². The van der Waals surface area contributed by atoms with E-state index in [0.717, 1.165) is 0 Å². The molecule has 0 spiro atoms. The van der Waals surface area contributed by atoms with Crippen molar-refractivity contribution in [3.05, 3.63) is 0 Å². The summed E-state index contributed by atoms with van der Waals surface area (Å²) in [6, 6.07) is 0. The number of nitrogens with one attached hydrogen (secondary N) is 6. The molecule has 0 saturated carbocycles. The predicted molar refractivity (Wildman–Crippen MR) is 160 cm³/mol. The minimum atomic E-state index is 1.25. The van der Waals surface area contributed by atoms with Gasteiger partial charge in [-0.05, 0) is 156 Å². The maximum atomic E-state index is 3.28. The lowest BCUT2D eigenvalue weighted by molar-refractivity contribution is 0.520. The molecule has 0 aromatic rings. The van der Waals surface area contributed by atoms with Crippen LogP contribution in [0.1, 0.15) is 116 Å². The molecule has 216 valence electrons. The Labute approximate surface area is 226 Å². The molecule has 6 N–H and O–H groups in total. The van der Waals surface area contributed by atoms with E-state index >= 15 is 0 Å². The molecule has 6 fully saturated rings. The number of hydrogen-bond donors (Lipinski definition) is 6. The van der Waals surface area contributed by atoms with E-state index < -0.39 is 0 Å². The van der Waals surface area contributed by atoms with Gasteiger partial charge in [-0.1, -0.05) is 38.5 Å². The van der Waals surface area contributed by atoms with Crippen molar-refractivity contribution in [2.75, 3.05) is 78.5 Å². The third-order valence-electron chi connectivity index (χ3n) is 7.24. The summed E-state index contributed by atoms with van der Waals surface area (Å²) in [6.07, 6.45) is 25.3. The first-order valence-electron chi connectivity index (χ1n) is 16.2. The Balaban J connectivity index is 0.000000216. The highest BCUT2D eigenvalue weighted by Gasteiger charge is 1.96. The van der Waals surface area contributed by atoms with Gasteiger partial charge in [-0.2, -0.15) is 0 Å². The Hall–Kier alpha value is -0.240. The Bertz CT molecular complexity index is 210. The summed E-state index contributed by atoms with van der Waals surface area (Å²) in [5, 5.41) is 19.7. The smallest absolute Gasteiger partial charge is 0.00489 e. The Morgan fingerprint density at radius 1 is 0.139 bits per heavy atom. The fourth-order valence-corrected chi connectivity index (χ4v) is 4.81. The third kappa shape index (κ3) is 28.3. The standard InChI is InChI=1S/6C5H11N/c6*1-2-4-6-5-3-1/h6*6H,1-5H2. The van der Waals surface area contributed by atoms with Gasteiger partial charge in [0.05, 0.1) is 0 Å². The second-order valence-electron chi connectivity index (χ2n) is 10.9. The topological polar surface area (TPSA) is 72.2 Å². The van der Waals surface area contributed by atoms with Crippen LogP contribution in [0.3, 0.4) is 0 Å². The van der Waals surface area contributed by atoms with Crippen LogP contribution in [0.25, 0.3) is 0 Å². The van der Waals surface area contributed by atoms with E-state index in [4.69, 9.17) is 0 Å². The summed E-state index contributed by atoms with van der Waals surface area (Å²) in [7, 11) is 0. The van der Waals surface area contributed by atoms with Crippen LogP contribution in [-0.2, 0) is 0 Å². The first kappa shape index (κ1) is 33.8. The van der Waals surface area contributed by atoms with Crippen LogP contribution in [0.5, 0.6) is 0 Å². The summed E-state index contributed by atoms with van der Waals surface area (Å²) in [6.45, 7) is 15.0. The Morgan fingerprint density at radius 2 is 0.250 bits per heavy atom. The zero-order valence-electron chi connectivity index (χ0n) is 24.2. The van der Waals surface area contributed by atoms with E-state index in [-0.39, 0.29) is 0 Å². The zero-order valence-corrected chi connectivity index (χ0v) is 24.2. The van der Waals surface area contributed by atoms with Crippen LogP contribution >= 0.6 is 0 Å². The molecule has 6 rings (SSSR count). The van der Waals surface area contributed by atoms with E-state index in [1.807, 2.05) is 0 Å². The van der Waals surface area contributed by atoms with E-state index in [9.17, 15) is 0 Å². The van der Waals surface area contributed by atoms with Crippen molar-refractivity contribution < 1.29 is 0 Å². The van der Waals surface area contributed by atoms with Crippen molar-refractivity contribution in [2.45, 2.75) is 116 Å². The van der Waals surface area contributed by atoms with Crippen LogP contribution in [0.2, 0.25) is 0 Å². The van der Waals surface area contributed by atoms with E-state index in [2.05, 4.69) is 31.9 Å². The monoisotopic (exact) mass is 511 g/mol. The fourth-order valence-electron chi connectivity index (χ4n) is 4.81. The van der Waals surface area contributed by atoms with E-state index in [1.165, 1.54) is 194 Å². The largest absolute Gasteiger partial charge is 0.317 e. The van der Waals surface area contributed by atoms with Crippen LogP contribution < -0.4 is 31.9 Å². The average molecular weight is 511 g/mol. The highest BCUT2D eigenvalue weighted by atomic mass is 14.9. The third-order valence-corrected chi connectivity index (χ3v) is 7.24. The SMILES string of the molecule is C1CCNCC1.C1CCNCC1.C1CCNCC1.C1CCNCC1.C1CCNCC1.C1CCNCC1. The van der Waals surface area contributed by atoms with Gasteiger partial charge in [-0.15, -0.1) is 0 Å². The Kier molecular flexibility index (Phi) is 29.1. The maximum absolute atomic E-state index is 3.28. The molecule has 0 unspecified atom stereocenters. The summed E-state index contributed by atoms with van der Waals surface area (Å²) in [5.41, 5.74) is 0. The molecule has 6 saturated heterocycles. The molecule has 36 heavy (non-hydrogen) atoms. The first-order chi connectivity index (χ1) is 18.0. The van der Waals surface area contributed by atoms with Gasteiger partial charge >= 0.3 is 0 Å². The van der Waals surface area contributed by atoms with E-state index in [1.54, 1.807) is 0 Å². The van der Waals surface area contributed by atoms with Gasteiger partial charge in [-0.3, -0.25) is 0 Å². The van der Waals surface area contributed by atoms with Crippen LogP contribution in [0.4, 0.5) is 0 Å². The van der Waals surface area contributed by atoms with Crippen molar-refractivity contribution in [1.29, 1.82) is 0 Å².